The van der Waals surface area contributed by atoms with Crippen LogP contribution >= 0.6 is 0 Å². The molecule has 0 spiro atoms. The van der Waals surface area contributed by atoms with Crippen molar-refractivity contribution in [1.82, 2.24) is 0 Å². The fraction of sp³-hybridized carbons (Fsp3) is 0.941. The van der Waals surface area contributed by atoms with Crippen molar-refractivity contribution >= 4 is 5.78 Å². The minimum Gasteiger partial charge on any atom is -0.395 e. The van der Waals surface area contributed by atoms with Gasteiger partial charge >= 0.3 is 0 Å². The molecule has 4 saturated carbocycles. The van der Waals surface area contributed by atoms with Crippen LogP contribution in [0.1, 0.15) is 58.8 Å². The van der Waals surface area contributed by atoms with Crippen molar-refractivity contribution in [3.63, 3.8) is 0 Å². The van der Waals surface area contributed by atoms with E-state index < -0.39 is 22.2 Å². The van der Waals surface area contributed by atoms with E-state index in [2.05, 4.69) is 0 Å². The first-order valence-corrected chi connectivity index (χ1v) is 8.38. The van der Waals surface area contributed by atoms with Crippen molar-refractivity contribution in [2.75, 3.05) is 13.2 Å². The normalized spacial score (nSPS) is 45.8. The number of carbonyl (C=O) groups is 1. The van der Waals surface area contributed by atoms with Crippen molar-refractivity contribution in [2.24, 2.45) is 11.3 Å². The third-order valence-electron chi connectivity index (χ3n) is 6.27. The number of hydrogen-bond donors (Lipinski definition) is 3. The molecule has 0 heterocycles. The highest BCUT2D eigenvalue weighted by atomic mass is 16.5. The average molecular weight is 312 g/mol. The molecule has 0 aromatic heterocycles. The number of hydrogen-bond acceptors (Lipinski definition) is 5. The number of Topliss-reactive ketones (excluding diaryl/α,β-unsaturated/α-hetero) is 1. The summed E-state index contributed by atoms with van der Waals surface area (Å²) in [5, 5.41) is 30.8. The minimum atomic E-state index is -0.845. The zero-order valence-electron chi connectivity index (χ0n) is 13.6. The highest BCUT2D eigenvalue weighted by molar-refractivity contribution is 5.85. The molecule has 4 fully saturated rings. The Morgan fingerprint density at radius 3 is 2.23 bits per heavy atom. The summed E-state index contributed by atoms with van der Waals surface area (Å²) in [6.45, 7) is 3.39. The molecule has 0 radical (unpaired) electrons. The molecule has 3 N–H and O–H groups in total. The van der Waals surface area contributed by atoms with E-state index in [1.54, 1.807) is 6.92 Å². The third kappa shape index (κ3) is 2.62. The molecule has 3 unspecified atom stereocenters. The number of rotatable bonds is 6. The summed E-state index contributed by atoms with van der Waals surface area (Å²) < 4.78 is 6.00. The second-order valence-electron chi connectivity index (χ2n) is 8.42. The Labute approximate surface area is 131 Å². The average Bonchev–Trinajstić information content (AvgIpc) is 2.40. The molecule has 0 saturated heterocycles. The summed E-state index contributed by atoms with van der Waals surface area (Å²) in [5.41, 5.74) is -3.04. The standard InChI is InChI=1S/C17H28O5/c1-3-14(2,11-18)13(19)7-22-17-6-12-4-15(20,9-17)8-16(21,5-12)10-17/h12,18,20-21H,3-11H2,1-2H3. The predicted octanol–water partition coefficient (Wildman–Crippen LogP) is 1.18. The van der Waals surface area contributed by atoms with Gasteiger partial charge in [-0.05, 0) is 31.6 Å². The summed E-state index contributed by atoms with van der Waals surface area (Å²) in [5.74, 6) is 0.170. The molecule has 0 aromatic rings. The summed E-state index contributed by atoms with van der Waals surface area (Å²) in [7, 11) is 0. The molecule has 5 nitrogen and oxygen atoms in total. The topological polar surface area (TPSA) is 87.0 Å². The second-order valence-corrected chi connectivity index (χ2v) is 8.42. The van der Waals surface area contributed by atoms with Gasteiger partial charge in [0.1, 0.15) is 6.61 Å². The molecular weight excluding hydrogens is 284 g/mol. The molecule has 0 aliphatic heterocycles. The van der Waals surface area contributed by atoms with Crippen LogP contribution in [0.15, 0.2) is 0 Å². The maximum atomic E-state index is 12.4. The Morgan fingerprint density at radius 1 is 1.18 bits per heavy atom. The van der Waals surface area contributed by atoms with Gasteiger partial charge in [-0.25, -0.2) is 0 Å². The van der Waals surface area contributed by atoms with Gasteiger partial charge in [0.05, 0.1) is 28.8 Å². The van der Waals surface area contributed by atoms with E-state index in [1.165, 1.54) is 0 Å². The van der Waals surface area contributed by atoms with Gasteiger partial charge in [-0.2, -0.15) is 0 Å². The number of carbonyl (C=O) groups excluding carboxylic acids is 1. The Hall–Kier alpha value is -0.490. The lowest BCUT2D eigenvalue weighted by atomic mass is 9.50. The Kier molecular flexibility index (Phi) is 3.72. The highest BCUT2D eigenvalue weighted by Crippen LogP contribution is 2.60. The van der Waals surface area contributed by atoms with Crippen LogP contribution in [0.3, 0.4) is 0 Å². The maximum absolute atomic E-state index is 12.4. The molecule has 22 heavy (non-hydrogen) atoms. The SMILES string of the molecule is CCC(C)(CO)C(=O)COC12CC3CC(O)(CC(O)(C3)C1)C2. The highest BCUT2D eigenvalue weighted by Gasteiger charge is 2.63. The number of ether oxygens (including phenoxy) is 1. The molecule has 5 heteroatoms. The van der Waals surface area contributed by atoms with Crippen LogP contribution in [0.5, 0.6) is 0 Å². The molecule has 4 aliphatic carbocycles. The molecule has 4 bridgehead atoms. The van der Waals surface area contributed by atoms with Gasteiger partial charge in [0, 0.05) is 19.3 Å². The van der Waals surface area contributed by atoms with E-state index in [1.807, 2.05) is 6.92 Å². The lowest BCUT2D eigenvalue weighted by molar-refractivity contribution is -0.266. The lowest BCUT2D eigenvalue weighted by Gasteiger charge is -2.62. The van der Waals surface area contributed by atoms with Crippen LogP contribution in [-0.4, -0.2) is 51.1 Å². The molecular formula is C17H28O5. The van der Waals surface area contributed by atoms with Crippen molar-refractivity contribution in [3.05, 3.63) is 0 Å². The second kappa shape index (κ2) is 5.00. The van der Waals surface area contributed by atoms with Crippen molar-refractivity contribution in [2.45, 2.75) is 75.6 Å². The van der Waals surface area contributed by atoms with Gasteiger partial charge in [0.2, 0.25) is 0 Å². The van der Waals surface area contributed by atoms with Gasteiger partial charge in [-0.15, -0.1) is 0 Å². The van der Waals surface area contributed by atoms with Crippen LogP contribution < -0.4 is 0 Å². The van der Waals surface area contributed by atoms with Crippen molar-refractivity contribution < 1.29 is 24.9 Å². The molecule has 0 amide bonds. The Morgan fingerprint density at radius 2 is 1.77 bits per heavy atom. The van der Waals surface area contributed by atoms with Crippen LogP contribution in [0.4, 0.5) is 0 Å². The van der Waals surface area contributed by atoms with Crippen LogP contribution in [0.2, 0.25) is 0 Å². The van der Waals surface area contributed by atoms with Gasteiger partial charge in [-0.3, -0.25) is 4.79 Å². The van der Waals surface area contributed by atoms with Gasteiger partial charge in [0.25, 0.3) is 0 Å². The van der Waals surface area contributed by atoms with E-state index in [-0.39, 0.29) is 24.9 Å². The monoisotopic (exact) mass is 312 g/mol. The first kappa shape index (κ1) is 16.4. The molecule has 126 valence electrons. The van der Waals surface area contributed by atoms with Gasteiger partial charge in [0.15, 0.2) is 5.78 Å². The first-order valence-electron chi connectivity index (χ1n) is 8.38. The third-order valence-corrected chi connectivity index (χ3v) is 6.27. The first-order chi connectivity index (χ1) is 10.2. The van der Waals surface area contributed by atoms with Crippen LogP contribution in [0.25, 0.3) is 0 Å². The zero-order valence-corrected chi connectivity index (χ0v) is 13.6. The molecule has 4 rings (SSSR count). The summed E-state index contributed by atoms with van der Waals surface area (Å²) in [6.07, 6.45) is 4.29. The zero-order chi connectivity index (χ0) is 16.2. The summed E-state index contributed by atoms with van der Waals surface area (Å²) in [6, 6.07) is 0. The van der Waals surface area contributed by atoms with E-state index in [0.717, 1.165) is 19.3 Å². The fourth-order valence-corrected chi connectivity index (χ4v) is 5.20. The Bertz CT molecular complexity index is 452. The number of aliphatic hydroxyl groups is 3. The maximum Gasteiger partial charge on any atom is 0.166 e. The number of aliphatic hydroxyl groups excluding tert-OH is 1. The van der Waals surface area contributed by atoms with Gasteiger partial charge < -0.3 is 20.1 Å². The summed E-state index contributed by atoms with van der Waals surface area (Å²) >= 11 is 0. The van der Waals surface area contributed by atoms with Crippen LogP contribution in [0, 0.1) is 11.3 Å². The van der Waals surface area contributed by atoms with E-state index in [0.29, 0.717) is 25.7 Å². The Balaban J connectivity index is 1.72. The van der Waals surface area contributed by atoms with E-state index in [9.17, 15) is 20.1 Å². The van der Waals surface area contributed by atoms with Crippen molar-refractivity contribution in [3.8, 4) is 0 Å². The van der Waals surface area contributed by atoms with Gasteiger partial charge in [-0.1, -0.05) is 13.8 Å². The van der Waals surface area contributed by atoms with E-state index in [4.69, 9.17) is 4.74 Å². The fourth-order valence-electron chi connectivity index (χ4n) is 5.20. The number of ketones is 1. The van der Waals surface area contributed by atoms with Crippen LogP contribution in [-0.2, 0) is 9.53 Å². The quantitative estimate of drug-likeness (QED) is 0.685. The smallest absolute Gasteiger partial charge is 0.166 e. The van der Waals surface area contributed by atoms with E-state index >= 15 is 0 Å². The lowest BCUT2D eigenvalue weighted by Crippen LogP contribution is -2.66. The summed E-state index contributed by atoms with van der Waals surface area (Å²) in [4.78, 5) is 12.4. The molecule has 3 atom stereocenters. The molecule has 0 aromatic carbocycles. The predicted molar refractivity (Wildman–Crippen MR) is 80.3 cm³/mol. The largest absolute Gasteiger partial charge is 0.395 e. The van der Waals surface area contributed by atoms with Crippen molar-refractivity contribution in [1.29, 1.82) is 0 Å². The molecule has 4 aliphatic rings. The minimum absolute atomic E-state index is 0.0518.